The van der Waals surface area contributed by atoms with Crippen LogP contribution in [0.25, 0.3) is 0 Å². The largest absolute Gasteiger partial charge is 0.352 e. The third kappa shape index (κ3) is 2.67. The van der Waals surface area contributed by atoms with Gasteiger partial charge in [0.2, 0.25) is 0 Å². The first-order chi connectivity index (χ1) is 9.74. The molecule has 0 fully saturated rings. The van der Waals surface area contributed by atoms with E-state index in [0.717, 1.165) is 36.9 Å². The molecule has 2 aromatic heterocycles. The number of rotatable bonds is 4. The summed E-state index contributed by atoms with van der Waals surface area (Å²) in [5.74, 6) is -0.280. The number of amides is 1. The lowest BCUT2D eigenvalue weighted by Gasteiger charge is -2.06. The number of aromatic nitrogens is 1. The Hall–Kier alpha value is -1.88. The normalized spacial score (nSPS) is 13.2. The third-order valence-electron chi connectivity index (χ3n) is 3.57. The van der Waals surface area contributed by atoms with Gasteiger partial charge in [-0.2, -0.15) is 0 Å². The lowest BCUT2D eigenvalue weighted by molar-refractivity contribution is 0.0952. The fourth-order valence-corrected chi connectivity index (χ4v) is 3.24. The summed E-state index contributed by atoms with van der Waals surface area (Å²) in [6, 6.07) is 5.79. The molecular weight excluding hydrogens is 272 g/mol. The Kier molecular flexibility index (Phi) is 3.69. The van der Waals surface area contributed by atoms with Crippen molar-refractivity contribution in [1.29, 1.82) is 0 Å². The second-order valence-electron chi connectivity index (χ2n) is 4.95. The number of pyridine rings is 1. The van der Waals surface area contributed by atoms with Crippen molar-refractivity contribution in [3.05, 3.63) is 55.6 Å². The molecule has 0 aliphatic heterocycles. The SMILES string of the molecule is O=C(NCCc1cccs1)c1cc2c([nH]c1=O)CCC2. The number of carbonyl (C=O) groups excluding carboxylic acids is 1. The summed E-state index contributed by atoms with van der Waals surface area (Å²) in [4.78, 5) is 28.0. The molecule has 1 aliphatic rings. The second-order valence-corrected chi connectivity index (χ2v) is 5.99. The van der Waals surface area contributed by atoms with Crippen molar-refractivity contribution in [1.82, 2.24) is 10.3 Å². The molecule has 0 unspecified atom stereocenters. The van der Waals surface area contributed by atoms with Gasteiger partial charge in [-0.05, 0) is 48.8 Å². The van der Waals surface area contributed by atoms with Crippen LogP contribution >= 0.6 is 11.3 Å². The number of H-pyrrole nitrogens is 1. The highest BCUT2D eigenvalue weighted by Gasteiger charge is 2.17. The summed E-state index contributed by atoms with van der Waals surface area (Å²) >= 11 is 1.67. The number of hydrogen-bond donors (Lipinski definition) is 2. The predicted molar refractivity (Wildman–Crippen MR) is 79.4 cm³/mol. The molecule has 2 heterocycles. The first kappa shape index (κ1) is 13.1. The van der Waals surface area contributed by atoms with Crippen molar-refractivity contribution in [3.8, 4) is 0 Å². The lowest BCUT2D eigenvalue weighted by atomic mass is 10.1. The van der Waals surface area contributed by atoms with Crippen molar-refractivity contribution in [2.24, 2.45) is 0 Å². The zero-order valence-electron chi connectivity index (χ0n) is 11.1. The van der Waals surface area contributed by atoms with E-state index in [4.69, 9.17) is 0 Å². The molecule has 0 atom stereocenters. The highest BCUT2D eigenvalue weighted by atomic mass is 32.1. The first-order valence-corrected chi connectivity index (χ1v) is 7.67. The summed E-state index contributed by atoms with van der Waals surface area (Å²) in [7, 11) is 0. The quantitative estimate of drug-likeness (QED) is 0.902. The maximum atomic E-state index is 12.1. The van der Waals surface area contributed by atoms with Gasteiger partial charge in [0.25, 0.3) is 11.5 Å². The summed E-state index contributed by atoms with van der Waals surface area (Å²) < 4.78 is 0. The molecule has 5 heteroatoms. The van der Waals surface area contributed by atoms with E-state index in [9.17, 15) is 9.59 Å². The van der Waals surface area contributed by atoms with Crippen LogP contribution in [-0.4, -0.2) is 17.4 Å². The van der Waals surface area contributed by atoms with E-state index in [1.807, 2.05) is 17.5 Å². The summed E-state index contributed by atoms with van der Waals surface area (Å²) in [5, 5.41) is 4.83. The molecule has 0 spiro atoms. The molecular formula is C15H16N2O2S. The van der Waals surface area contributed by atoms with Crippen LogP contribution in [0.3, 0.4) is 0 Å². The first-order valence-electron chi connectivity index (χ1n) is 6.79. The van der Waals surface area contributed by atoms with Gasteiger partial charge in [-0.25, -0.2) is 0 Å². The van der Waals surface area contributed by atoms with Crippen LogP contribution in [0.4, 0.5) is 0 Å². The molecule has 2 N–H and O–H groups in total. The van der Waals surface area contributed by atoms with E-state index in [2.05, 4.69) is 10.3 Å². The molecule has 0 saturated carbocycles. The minimum absolute atomic E-state index is 0.233. The lowest BCUT2D eigenvalue weighted by Crippen LogP contribution is -2.31. The molecule has 2 aromatic rings. The number of aromatic amines is 1. The van der Waals surface area contributed by atoms with Gasteiger partial charge in [0.05, 0.1) is 0 Å². The smallest absolute Gasteiger partial charge is 0.261 e. The average Bonchev–Trinajstić information content (AvgIpc) is 3.08. The van der Waals surface area contributed by atoms with Crippen LogP contribution in [-0.2, 0) is 19.3 Å². The number of thiophene rings is 1. The standard InChI is InChI=1S/C15H16N2O2S/c18-14(16-7-6-11-4-2-8-20-11)12-9-10-3-1-5-13(10)17-15(12)19/h2,4,8-9H,1,3,5-7H2,(H,16,18)(H,17,19). The van der Waals surface area contributed by atoms with E-state index >= 15 is 0 Å². The Morgan fingerprint density at radius 2 is 2.30 bits per heavy atom. The Balaban J connectivity index is 1.66. The fourth-order valence-electron chi connectivity index (χ4n) is 2.53. The highest BCUT2D eigenvalue weighted by molar-refractivity contribution is 7.09. The summed E-state index contributed by atoms with van der Waals surface area (Å²) in [6.45, 7) is 0.551. The summed E-state index contributed by atoms with van der Waals surface area (Å²) in [6.07, 6.45) is 3.70. The Morgan fingerprint density at radius 1 is 1.40 bits per heavy atom. The minimum atomic E-state index is -0.280. The van der Waals surface area contributed by atoms with Gasteiger partial charge in [-0.1, -0.05) is 6.07 Å². The van der Waals surface area contributed by atoms with Crippen LogP contribution in [0.2, 0.25) is 0 Å². The Morgan fingerprint density at radius 3 is 3.10 bits per heavy atom. The maximum Gasteiger partial charge on any atom is 0.261 e. The molecule has 0 aromatic carbocycles. The van der Waals surface area contributed by atoms with Crippen LogP contribution in [0, 0.1) is 0 Å². The summed E-state index contributed by atoms with van der Waals surface area (Å²) in [5.41, 5.74) is 2.05. The molecule has 20 heavy (non-hydrogen) atoms. The molecule has 1 aliphatic carbocycles. The minimum Gasteiger partial charge on any atom is -0.352 e. The third-order valence-corrected chi connectivity index (χ3v) is 4.51. The number of aryl methyl sites for hydroxylation is 2. The molecule has 0 bridgehead atoms. The van der Waals surface area contributed by atoms with Gasteiger partial charge < -0.3 is 10.3 Å². The predicted octanol–water partition coefficient (Wildman–Crippen LogP) is 1.90. The van der Waals surface area contributed by atoms with Gasteiger partial charge in [-0.3, -0.25) is 9.59 Å². The molecule has 4 nitrogen and oxygen atoms in total. The van der Waals surface area contributed by atoms with Crippen molar-refractivity contribution in [2.75, 3.05) is 6.54 Å². The van der Waals surface area contributed by atoms with E-state index in [1.54, 1.807) is 17.4 Å². The van der Waals surface area contributed by atoms with Crippen molar-refractivity contribution in [2.45, 2.75) is 25.7 Å². The van der Waals surface area contributed by atoms with E-state index in [0.29, 0.717) is 6.54 Å². The number of carbonyl (C=O) groups is 1. The van der Waals surface area contributed by atoms with E-state index in [-0.39, 0.29) is 17.0 Å². The van der Waals surface area contributed by atoms with Crippen LogP contribution in [0.15, 0.2) is 28.4 Å². The van der Waals surface area contributed by atoms with Gasteiger partial charge in [0.15, 0.2) is 0 Å². The van der Waals surface area contributed by atoms with Crippen molar-refractivity contribution >= 4 is 17.2 Å². The number of hydrogen-bond acceptors (Lipinski definition) is 3. The fraction of sp³-hybridized carbons (Fsp3) is 0.333. The van der Waals surface area contributed by atoms with E-state index < -0.39 is 0 Å². The zero-order valence-corrected chi connectivity index (χ0v) is 11.9. The van der Waals surface area contributed by atoms with Gasteiger partial charge in [-0.15, -0.1) is 11.3 Å². The molecule has 1 amide bonds. The topological polar surface area (TPSA) is 62.0 Å². The molecule has 3 rings (SSSR count). The van der Waals surface area contributed by atoms with Crippen molar-refractivity contribution in [3.63, 3.8) is 0 Å². The Labute approximate surface area is 120 Å². The Bertz CT molecular complexity index is 674. The highest BCUT2D eigenvalue weighted by Crippen LogP contribution is 2.18. The van der Waals surface area contributed by atoms with Gasteiger partial charge in [0.1, 0.15) is 5.56 Å². The van der Waals surface area contributed by atoms with Crippen molar-refractivity contribution < 1.29 is 4.79 Å². The molecule has 0 saturated heterocycles. The number of nitrogens with one attached hydrogen (secondary N) is 2. The van der Waals surface area contributed by atoms with Gasteiger partial charge >= 0.3 is 0 Å². The average molecular weight is 288 g/mol. The van der Waals surface area contributed by atoms with Crippen LogP contribution in [0.1, 0.15) is 32.9 Å². The van der Waals surface area contributed by atoms with E-state index in [1.165, 1.54) is 4.88 Å². The van der Waals surface area contributed by atoms with Gasteiger partial charge in [0, 0.05) is 17.1 Å². The van der Waals surface area contributed by atoms with Crippen LogP contribution in [0.5, 0.6) is 0 Å². The maximum absolute atomic E-state index is 12.1. The zero-order chi connectivity index (χ0) is 13.9. The molecule has 104 valence electrons. The monoisotopic (exact) mass is 288 g/mol. The molecule has 0 radical (unpaired) electrons. The second kappa shape index (κ2) is 5.63. The van der Waals surface area contributed by atoms with Crippen LogP contribution < -0.4 is 10.9 Å². The number of fused-ring (bicyclic) bond motifs is 1.